The zero-order chi connectivity index (χ0) is 12.1. The molecule has 0 aliphatic rings. The van der Waals surface area contributed by atoms with Gasteiger partial charge in [0.15, 0.2) is 0 Å². The van der Waals surface area contributed by atoms with Crippen molar-refractivity contribution >= 4 is 5.97 Å². The summed E-state index contributed by atoms with van der Waals surface area (Å²) >= 11 is 0. The Hall–Kier alpha value is -1.42. The second kappa shape index (κ2) is 5.61. The van der Waals surface area contributed by atoms with Crippen molar-refractivity contribution in [3.63, 3.8) is 0 Å². The molecule has 1 aromatic carbocycles. The second-order valence-corrected chi connectivity index (χ2v) is 3.70. The van der Waals surface area contributed by atoms with Crippen LogP contribution in [0.2, 0.25) is 0 Å². The van der Waals surface area contributed by atoms with Gasteiger partial charge in [0.2, 0.25) is 0 Å². The number of hydrogen-bond donors (Lipinski definition) is 1. The van der Waals surface area contributed by atoms with Crippen molar-refractivity contribution in [2.75, 3.05) is 7.11 Å². The van der Waals surface area contributed by atoms with Gasteiger partial charge in [-0.25, -0.2) is 4.39 Å². The van der Waals surface area contributed by atoms with Crippen LogP contribution >= 0.6 is 0 Å². The number of hydrogen-bond acceptors (Lipinski definition) is 3. The van der Waals surface area contributed by atoms with Crippen molar-refractivity contribution in [3.8, 4) is 0 Å². The number of carbonyl (C=O) groups is 1. The number of carbonyl (C=O) groups excluding carboxylic acids is 1. The number of rotatable bonds is 4. The first-order valence-corrected chi connectivity index (χ1v) is 5.11. The predicted molar refractivity (Wildman–Crippen MR) is 59.5 cm³/mol. The number of aryl methyl sites for hydroxylation is 1. The maximum absolute atomic E-state index is 13.0. The van der Waals surface area contributed by atoms with Gasteiger partial charge in [-0.2, -0.15) is 0 Å². The van der Waals surface area contributed by atoms with E-state index in [1.807, 2.05) is 6.92 Å². The van der Waals surface area contributed by atoms with Crippen LogP contribution in [0.4, 0.5) is 4.39 Å². The van der Waals surface area contributed by atoms with Gasteiger partial charge in [0.05, 0.1) is 7.11 Å². The SMILES string of the molecule is COC(=O)[C@H](C)NCc1cc(F)ccc1C. The fourth-order valence-corrected chi connectivity index (χ4v) is 1.35. The van der Waals surface area contributed by atoms with E-state index in [2.05, 4.69) is 10.1 Å². The van der Waals surface area contributed by atoms with Gasteiger partial charge in [-0.3, -0.25) is 4.79 Å². The highest BCUT2D eigenvalue weighted by molar-refractivity contribution is 5.75. The van der Waals surface area contributed by atoms with E-state index in [4.69, 9.17) is 0 Å². The molecule has 0 aliphatic carbocycles. The Morgan fingerprint density at radius 1 is 1.56 bits per heavy atom. The second-order valence-electron chi connectivity index (χ2n) is 3.70. The first kappa shape index (κ1) is 12.6. The lowest BCUT2D eigenvalue weighted by Gasteiger charge is -2.12. The quantitative estimate of drug-likeness (QED) is 0.794. The largest absolute Gasteiger partial charge is 0.468 e. The zero-order valence-electron chi connectivity index (χ0n) is 9.71. The molecule has 0 aliphatic heterocycles. The molecule has 0 fully saturated rings. The molecule has 0 aromatic heterocycles. The van der Waals surface area contributed by atoms with Gasteiger partial charge >= 0.3 is 5.97 Å². The summed E-state index contributed by atoms with van der Waals surface area (Å²) in [5.74, 6) is -0.595. The molecule has 1 atom stereocenters. The topological polar surface area (TPSA) is 38.3 Å². The Bertz CT molecular complexity index is 379. The number of methoxy groups -OCH3 is 1. The molecule has 16 heavy (non-hydrogen) atoms. The molecule has 1 rings (SSSR count). The van der Waals surface area contributed by atoms with E-state index in [1.165, 1.54) is 19.2 Å². The van der Waals surface area contributed by atoms with Crippen LogP contribution in [0.1, 0.15) is 18.1 Å². The highest BCUT2D eigenvalue weighted by atomic mass is 19.1. The maximum Gasteiger partial charge on any atom is 0.322 e. The third-order valence-electron chi connectivity index (χ3n) is 2.46. The summed E-state index contributed by atoms with van der Waals surface area (Å²) in [6.07, 6.45) is 0. The van der Waals surface area contributed by atoms with Gasteiger partial charge in [0.25, 0.3) is 0 Å². The molecule has 0 amide bonds. The molecular weight excluding hydrogens is 209 g/mol. The first-order valence-electron chi connectivity index (χ1n) is 5.11. The van der Waals surface area contributed by atoms with Crippen LogP contribution in [-0.2, 0) is 16.1 Å². The summed E-state index contributed by atoms with van der Waals surface area (Å²) < 4.78 is 17.6. The number of esters is 1. The fraction of sp³-hybridized carbons (Fsp3) is 0.417. The standard InChI is InChI=1S/C12H16FNO2/c1-8-4-5-11(13)6-10(8)7-14-9(2)12(15)16-3/h4-6,9,14H,7H2,1-3H3/t9-/m0/s1. The summed E-state index contributed by atoms with van der Waals surface area (Å²) in [5, 5.41) is 2.98. The third-order valence-corrected chi connectivity index (χ3v) is 2.46. The van der Waals surface area contributed by atoms with Crippen LogP contribution in [0.15, 0.2) is 18.2 Å². The number of benzene rings is 1. The molecule has 0 saturated heterocycles. The number of ether oxygens (including phenoxy) is 1. The minimum absolute atomic E-state index is 0.270. The molecule has 0 saturated carbocycles. The van der Waals surface area contributed by atoms with Gasteiger partial charge in [-0.1, -0.05) is 6.07 Å². The minimum Gasteiger partial charge on any atom is -0.468 e. The zero-order valence-corrected chi connectivity index (χ0v) is 9.71. The summed E-state index contributed by atoms with van der Waals surface area (Å²) in [5.41, 5.74) is 1.83. The molecule has 3 nitrogen and oxygen atoms in total. The Labute approximate surface area is 94.6 Å². The highest BCUT2D eigenvalue weighted by Gasteiger charge is 2.12. The van der Waals surface area contributed by atoms with Gasteiger partial charge in [0, 0.05) is 6.54 Å². The van der Waals surface area contributed by atoms with Crippen molar-refractivity contribution in [2.45, 2.75) is 26.4 Å². The molecule has 1 aromatic rings. The van der Waals surface area contributed by atoms with Crippen molar-refractivity contribution in [3.05, 3.63) is 35.1 Å². The lowest BCUT2D eigenvalue weighted by molar-refractivity contribution is -0.142. The molecule has 0 bridgehead atoms. The Kier molecular flexibility index (Phi) is 4.43. The van der Waals surface area contributed by atoms with Gasteiger partial charge in [-0.05, 0) is 37.1 Å². The normalized spacial score (nSPS) is 12.2. The predicted octanol–water partition coefficient (Wildman–Crippen LogP) is 1.79. The minimum atomic E-state index is -0.396. The Balaban J connectivity index is 2.60. The maximum atomic E-state index is 13.0. The van der Waals surface area contributed by atoms with E-state index in [0.717, 1.165) is 11.1 Å². The smallest absolute Gasteiger partial charge is 0.322 e. The average Bonchev–Trinajstić information content (AvgIpc) is 2.28. The molecule has 0 spiro atoms. The van der Waals surface area contributed by atoms with Crippen molar-refractivity contribution < 1.29 is 13.9 Å². The van der Waals surface area contributed by atoms with E-state index in [0.29, 0.717) is 6.54 Å². The summed E-state index contributed by atoms with van der Waals surface area (Å²) in [6, 6.07) is 4.21. The Morgan fingerprint density at radius 3 is 2.88 bits per heavy atom. The molecule has 4 heteroatoms. The van der Waals surface area contributed by atoms with E-state index in [1.54, 1.807) is 13.0 Å². The summed E-state index contributed by atoms with van der Waals surface area (Å²) in [6.45, 7) is 4.06. The molecule has 0 radical (unpaired) electrons. The third kappa shape index (κ3) is 3.31. The van der Waals surface area contributed by atoms with E-state index in [-0.39, 0.29) is 11.8 Å². The van der Waals surface area contributed by atoms with Crippen molar-refractivity contribution in [1.82, 2.24) is 5.32 Å². The first-order chi connectivity index (χ1) is 7.54. The van der Waals surface area contributed by atoms with Crippen molar-refractivity contribution in [1.29, 1.82) is 0 Å². The summed E-state index contributed by atoms with van der Waals surface area (Å²) in [7, 11) is 1.34. The highest BCUT2D eigenvalue weighted by Crippen LogP contribution is 2.10. The lowest BCUT2D eigenvalue weighted by atomic mass is 10.1. The van der Waals surface area contributed by atoms with Crippen LogP contribution in [0.3, 0.4) is 0 Å². The van der Waals surface area contributed by atoms with Crippen LogP contribution in [-0.4, -0.2) is 19.1 Å². The van der Waals surface area contributed by atoms with E-state index < -0.39 is 6.04 Å². The number of nitrogens with one attached hydrogen (secondary N) is 1. The lowest BCUT2D eigenvalue weighted by Crippen LogP contribution is -2.34. The summed E-state index contributed by atoms with van der Waals surface area (Å²) in [4.78, 5) is 11.1. The molecular formula is C12H16FNO2. The van der Waals surface area contributed by atoms with Crippen molar-refractivity contribution in [2.24, 2.45) is 0 Å². The molecule has 88 valence electrons. The van der Waals surface area contributed by atoms with Gasteiger partial charge in [-0.15, -0.1) is 0 Å². The van der Waals surface area contributed by atoms with E-state index in [9.17, 15) is 9.18 Å². The van der Waals surface area contributed by atoms with Gasteiger partial charge in [0.1, 0.15) is 11.9 Å². The number of halogens is 1. The van der Waals surface area contributed by atoms with E-state index >= 15 is 0 Å². The molecule has 0 heterocycles. The fourth-order valence-electron chi connectivity index (χ4n) is 1.35. The van der Waals surface area contributed by atoms with Crippen LogP contribution in [0.5, 0.6) is 0 Å². The average molecular weight is 225 g/mol. The monoisotopic (exact) mass is 225 g/mol. The molecule has 0 unspecified atom stereocenters. The van der Waals surface area contributed by atoms with Crippen LogP contribution in [0, 0.1) is 12.7 Å². The van der Waals surface area contributed by atoms with Crippen LogP contribution in [0.25, 0.3) is 0 Å². The van der Waals surface area contributed by atoms with Gasteiger partial charge < -0.3 is 10.1 Å². The van der Waals surface area contributed by atoms with Crippen LogP contribution < -0.4 is 5.32 Å². The Morgan fingerprint density at radius 2 is 2.25 bits per heavy atom. The molecule has 1 N–H and O–H groups in total.